The van der Waals surface area contributed by atoms with Gasteiger partial charge in [-0.3, -0.25) is 14.9 Å². The van der Waals surface area contributed by atoms with Crippen LogP contribution in [0.25, 0.3) is 0 Å². The minimum atomic E-state index is -0.362. The maximum absolute atomic E-state index is 11.9. The largest absolute Gasteiger partial charge is 0.484 e. The molecule has 0 aliphatic carbocycles. The number of hydrogen-bond donors (Lipinski definition) is 2. The van der Waals surface area contributed by atoms with Crippen molar-refractivity contribution in [2.45, 2.75) is 6.92 Å². The summed E-state index contributed by atoms with van der Waals surface area (Å²) in [5, 5.41) is 7.73. The Kier molecular flexibility index (Phi) is 5.10. The predicted molar refractivity (Wildman–Crippen MR) is 94.1 cm³/mol. The number of rotatable bonds is 6. The topological polar surface area (TPSA) is 93.5 Å². The third kappa shape index (κ3) is 4.67. The summed E-state index contributed by atoms with van der Waals surface area (Å²) in [6.45, 7) is 1.69. The molecular formula is C17H15N3O4S. The number of aryl methyl sites for hydroxylation is 1. The first-order valence-corrected chi connectivity index (χ1v) is 8.28. The highest BCUT2D eigenvalue weighted by Crippen LogP contribution is 2.19. The third-order valence-corrected chi connectivity index (χ3v) is 3.95. The molecule has 128 valence electrons. The van der Waals surface area contributed by atoms with Gasteiger partial charge in [0.25, 0.3) is 11.8 Å². The van der Waals surface area contributed by atoms with E-state index in [0.717, 1.165) is 5.69 Å². The smallest absolute Gasteiger partial charge is 0.291 e. The molecule has 2 heterocycles. The molecule has 0 saturated heterocycles. The molecule has 25 heavy (non-hydrogen) atoms. The van der Waals surface area contributed by atoms with E-state index in [2.05, 4.69) is 15.6 Å². The molecule has 0 radical (unpaired) electrons. The summed E-state index contributed by atoms with van der Waals surface area (Å²) in [4.78, 5) is 28.0. The zero-order valence-corrected chi connectivity index (χ0v) is 14.1. The van der Waals surface area contributed by atoms with Crippen molar-refractivity contribution in [3.8, 4) is 5.75 Å². The molecule has 7 nitrogen and oxygen atoms in total. The fourth-order valence-corrected chi connectivity index (χ4v) is 2.68. The number of amides is 2. The summed E-state index contributed by atoms with van der Waals surface area (Å²) in [7, 11) is 0. The van der Waals surface area contributed by atoms with Crippen LogP contribution in [-0.4, -0.2) is 23.4 Å². The monoisotopic (exact) mass is 357 g/mol. The number of aromatic nitrogens is 1. The average molecular weight is 357 g/mol. The number of nitrogens with zero attached hydrogens (tertiary/aromatic N) is 1. The Balaban J connectivity index is 1.54. The lowest BCUT2D eigenvalue weighted by Gasteiger charge is -2.08. The van der Waals surface area contributed by atoms with Gasteiger partial charge in [0.15, 0.2) is 17.5 Å². The lowest BCUT2D eigenvalue weighted by atomic mass is 10.3. The van der Waals surface area contributed by atoms with Gasteiger partial charge in [-0.05, 0) is 31.2 Å². The van der Waals surface area contributed by atoms with Gasteiger partial charge in [-0.15, -0.1) is 11.3 Å². The van der Waals surface area contributed by atoms with Crippen molar-refractivity contribution in [2.75, 3.05) is 17.2 Å². The Morgan fingerprint density at radius 3 is 2.84 bits per heavy atom. The first-order valence-electron chi connectivity index (χ1n) is 7.40. The van der Waals surface area contributed by atoms with E-state index in [4.69, 9.17) is 9.15 Å². The molecule has 8 heteroatoms. The lowest BCUT2D eigenvalue weighted by molar-refractivity contribution is -0.118. The molecule has 0 fully saturated rings. The first-order chi connectivity index (χ1) is 12.1. The number of benzene rings is 1. The van der Waals surface area contributed by atoms with Gasteiger partial charge < -0.3 is 14.5 Å². The molecule has 0 unspecified atom stereocenters. The fraction of sp³-hybridized carbons (Fsp3) is 0.118. The minimum Gasteiger partial charge on any atom is -0.484 e. The van der Waals surface area contributed by atoms with Gasteiger partial charge in [-0.2, -0.15) is 0 Å². The second-order valence-electron chi connectivity index (χ2n) is 5.09. The van der Waals surface area contributed by atoms with E-state index in [9.17, 15) is 9.59 Å². The van der Waals surface area contributed by atoms with E-state index in [-0.39, 0.29) is 24.2 Å². The van der Waals surface area contributed by atoms with Crippen LogP contribution in [0, 0.1) is 6.92 Å². The Bertz CT molecular complexity index is 874. The van der Waals surface area contributed by atoms with Crippen molar-refractivity contribution >= 4 is 34.0 Å². The standard InChI is InChI=1S/C17H15N3O4S/c1-11-10-25-17(18-11)20-15(21)9-24-13-5-2-4-12(8-13)19-16(22)14-6-3-7-23-14/h2-8,10H,9H2,1H3,(H,19,22)(H,18,20,21). The highest BCUT2D eigenvalue weighted by Gasteiger charge is 2.10. The summed E-state index contributed by atoms with van der Waals surface area (Å²) in [6, 6.07) is 9.96. The molecule has 0 aliphatic heterocycles. The Labute approximate surface area is 147 Å². The van der Waals surface area contributed by atoms with Crippen LogP contribution in [0.3, 0.4) is 0 Å². The second kappa shape index (κ2) is 7.63. The van der Waals surface area contributed by atoms with Gasteiger partial charge in [-0.25, -0.2) is 4.98 Å². The number of anilines is 2. The third-order valence-electron chi connectivity index (χ3n) is 3.07. The molecule has 0 aliphatic rings. The molecule has 0 saturated carbocycles. The van der Waals surface area contributed by atoms with E-state index in [1.54, 1.807) is 36.4 Å². The molecule has 2 aromatic heterocycles. The molecule has 2 N–H and O–H groups in total. The SMILES string of the molecule is Cc1csc(NC(=O)COc2cccc(NC(=O)c3ccco3)c2)n1. The fourth-order valence-electron chi connectivity index (χ4n) is 1.98. The van der Waals surface area contributed by atoms with Crippen LogP contribution in [-0.2, 0) is 4.79 Å². The molecule has 3 rings (SSSR count). The normalized spacial score (nSPS) is 10.3. The van der Waals surface area contributed by atoms with Gasteiger partial charge in [-0.1, -0.05) is 6.07 Å². The number of ether oxygens (including phenoxy) is 1. The Morgan fingerprint density at radius 1 is 1.24 bits per heavy atom. The van der Waals surface area contributed by atoms with Crippen LogP contribution in [0.15, 0.2) is 52.5 Å². The summed E-state index contributed by atoms with van der Waals surface area (Å²) >= 11 is 1.35. The predicted octanol–water partition coefficient (Wildman–Crippen LogP) is 3.31. The van der Waals surface area contributed by atoms with Gasteiger partial charge >= 0.3 is 0 Å². The zero-order chi connectivity index (χ0) is 17.6. The van der Waals surface area contributed by atoms with E-state index < -0.39 is 0 Å². The van der Waals surface area contributed by atoms with E-state index >= 15 is 0 Å². The molecule has 0 bridgehead atoms. The highest BCUT2D eigenvalue weighted by molar-refractivity contribution is 7.13. The van der Waals surface area contributed by atoms with Crippen molar-refractivity contribution in [1.82, 2.24) is 4.98 Å². The van der Waals surface area contributed by atoms with Crippen LogP contribution in [0.2, 0.25) is 0 Å². The van der Waals surface area contributed by atoms with Gasteiger partial charge in [0.05, 0.1) is 12.0 Å². The van der Waals surface area contributed by atoms with Crippen molar-refractivity contribution in [2.24, 2.45) is 0 Å². The average Bonchev–Trinajstić information content (AvgIpc) is 3.25. The van der Waals surface area contributed by atoms with Crippen LogP contribution >= 0.6 is 11.3 Å². The number of thiazole rings is 1. The van der Waals surface area contributed by atoms with Gasteiger partial charge in [0, 0.05) is 17.1 Å². The molecule has 1 aromatic carbocycles. The lowest BCUT2D eigenvalue weighted by Crippen LogP contribution is -2.20. The zero-order valence-electron chi connectivity index (χ0n) is 13.3. The molecule has 0 atom stereocenters. The summed E-state index contributed by atoms with van der Waals surface area (Å²) in [5.41, 5.74) is 1.39. The van der Waals surface area contributed by atoms with E-state index in [1.165, 1.54) is 17.6 Å². The second-order valence-corrected chi connectivity index (χ2v) is 5.95. The maximum atomic E-state index is 11.9. The highest BCUT2D eigenvalue weighted by atomic mass is 32.1. The molecular weight excluding hydrogens is 342 g/mol. The van der Waals surface area contributed by atoms with E-state index in [1.807, 2.05) is 12.3 Å². The first kappa shape index (κ1) is 16.7. The van der Waals surface area contributed by atoms with Gasteiger partial charge in [0.2, 0.25) is 0 Å². The van der Waals surface area contributed by atoms with Crippen molar-refractivity contribution < 1.29 is 18.7 Å². The van der Waals surface area contributed by atoms with Crippen LogP contribution < -0.4 is 15.4 Å². The van der Waals surface area contributed by atoms with Gasteiger partial charge in [0.1, 0.15) is 5.75 Å². The number of carbonyl (C=O) groups is 2. The maximum Gasteiger partial charge on any atom is 0.291 e. The quantitative estimate of drug-likeness (QED) is 0.706. The summed E-state index contributed by atoms with van der Waals surface area (Å²) in [6.07, 6.45) is 1.43. The van der Waals surface area contributed by atoms with Crippen LogP contribution in [0.1, 0.15) is 16.2 Å². The Hall–Kier alpha value is -3.13. The van der Waals surface area contributed by atoms with Crippen molar-refractivity contribution in [3.63, 3.8) is 0 Å². The number of carbonyl (C=O) groups excluding carboxylic acids is 2. The number of hydrogen-bond acceptors (Lipinski definition) is 6. The van der Waals surface area contributed by atoms with E-state index in [0.29, 0.717) is 16.6 Å². The molecule has 3 aromatic rings. The molecule has 0 spiro atoms. The Morgan fingerprint density at radius 2 is 2.12 bits per heavy atom. The molecule has 2 amide bonds. The van der Waals surface area contributed by atoms with Crippen molar-refractivity contribution in [3.05, 3.63) is 59.5 Å². The van der Waals surface area contributed by atoms with Crippen LogP contribution in [0.5, 0.6) is 5.75 Å². The van der Waals surface area contributed by atoms with Crippen molar-refractivity contribution in [1.29, 1.82) is 0 Å². The number of nitrogens with one attached hydrogen (secondary N) is 2. The summed E-state index contributed by atoms with van der Waals surface area (Å²) in [5.74, 6) is 0.00515. The summed E-state index contributed by atoms with van der Waals surface area (Å²) < 4.78 is 10.5. The number of furan rings is 1. The van der Waals surface area contributed by atoms with Crippen LogP contribution in [0.4, 0.5) is 10.8 Å². The minimum absolute atomic E-state index is 0.159.